The molecule has 0 atom stereocenters. The topological polar surface area (TPSA) is 55.1 Å². The number of nitrogens with one attached hydrogen (secondary N) is 1. The molecule has 3 rings (SSSR count). The number of hydrogen-bond donors (Lipinski definition) is 1. The summed E-state index contributed by atoms with van der Waals surface area (Å²) in [6.45, 7) is 3.35. The zero-order chi connectivity index (χ0) is 18.9. The van der Waals surface area contributed by atoms with Crippen molar-refractivity contribution in [1.29, 1.82) is 0 Å². The predicted octanol–water partition coefficient (Wildman–Crippen LogP) is 5.23. The second-order valence-corrected chi connectivity index (χ2v) is 5.87. The van der Waals surface area contributed by atoms with E-state index in [1.54, 1.807) is 38.1 Å². The molecule has 7 heteroatoms. The third kappa shape index (κ3) is 3.61. The van der Waals surface area contributed by atoms with Gasteiger partial charge in [-0.3, -0.25) is 4.79 Å². The summed E-state index contributed by atoms with van der Waals surface area (Å²) in [5, 5.41) is 6.20. The number of aromatic nitrogens is 1. The predicted molar refractivity (Wildman–Crippen MR) is 90.8 cm³/mol. The molecular weight excluding hydrogens is 345 g/mol. The molecule has 0 spiro atoms. The van der Waals surface area contributed by atoms with E-state index < -0.39 is 17.6 Å². The Morgan fingerprint density at radius 1 is 1.08 bits per heavy atom. The lowest BCUT2D eigenvalue weighted by molar-refractivity contribution is -0.137. The molecule has 1 heterocycles. The van der Waals surface area contributed by atoms with Crippen molar-refractivity contribution >= 4 is 11.6 Å². The average molecular weight is 360 g/mol. The van der Waals surface area contributed by atoms with Crippen LogP contribution in [0.4, 0.5) is 18.9 Å². The molecular formula is C19H15F3N2O2. The van der Waals surface area contributed by atoms with Gasteiger partial charge in [-0.25, -0.2) is 0 Å². The third-order valence-corrected chi connectivity index (χ3v) is 3.93. The van der Waals surface area contributed by atoms with Crippen LogP contribution in [0.5, 0.6) is 0 Å². The average Bonchev–Trinajstić information content (AvgIpc) is 3.00. The molecule has 0 saturated carbocycles. The maximum Gasteiger partial charge on any atom is 0.417 e. The number of carbonyl (C=O) groups excluding carboxylic acids is 1. The van der Waals surface area contributed by atoms with E-state index in [1.807, 2.05) is 0 Å². The van der Waals surface area contributed by atoms with Gasteiger partial charge in [0.1, 0.15) is 11.3 Å². The van der Waals surface area contributed by atoms with Gasteiger partial charge in [0, 0.05) is 5.69 Å². The highest BCUT2D eigenvalue weighted by atomic mass is 19.4. The molecule has 1 aromatic heterocycles. The highest BCUT2D eigenvalue weighted by Crippen LogP contribution is 2.37. The molecule has 0 aliphatic heterocycles. The minimum atomic E-state index is -4.44. The highest BCUT2D eigenvalue weighted by Gasteiger charge is 2.33. The summed E-state index contributed by atoms with van der Waals surface area (Å²) in [5.74, 6) is -0.0169. The molecule has 0 unspecified atom stereocenters. The van der Waals surface area contributed by atoms with Gasteiger partial charge in [-0.05, 0) is 43.2 Å². The number of alkyl halides is 3. The number of halogens is 3. The fourth-order valence-electron chi connectivity index (χ4n) is 2.59. The Bertz CT molecular complexity index is 944. The van der Waals surface area contributed by atoms with E-state index in [2.05, 4.69) is 10.5 Å². The number of carbonyl (C=O) groups is 1. The van der Waals surface area contributed by atoms with Gasteiger partial charge in [-0.1, -0.05) is 35.0 Å². The fourth-order valence-corrected chi connectivity index (χ4v) is 2.59. The summed E-state index contributed by atoms with van der Waals surface area (Å²) in [5.41, 5.74) is 1.31. The first-order valence-electron chi connectivity index (χ1n) is 7.76. The Labute approximate surface area is 147 Å². The summed E-state index contributed by atoms with van der Waals surface area (Å²) in [6, 6.07) is 10.2. The first-order chi connectivity index (χ1) is 12.3. The minimum absolute atomic E-state index is 0.102. The number of nitrogens with zero attached hydrogens (tertiary/aromatic N) is 1. The molecule has 1 amide bonds. The van der Waals surface area contributed by atoms with E-state index >= 15 is 0 Å². The molecule has 0 bridgehead atoms. The Hall–Kier alpha value is -3.09. The minimum Gasteiger partial charge on any atom is -0.361 e. The second kappa shape index (κ2) is 6.67. The van der Waals surface area contributed by atoms with Crippen LogP contribution in [0.1, 0.15) is 27.2 Å². The largest absolute Gasteiger partial charge is 0.417 e. The Kier molecular flexibility index (Phi) is 4.54. The lowest BCUT2D eigenvalue weighted by Crippen LogP contribution is -2.12. The van der Waals surface area contributed by atoms with Gasteiger partial charge in [-0.2, -0.15) is 13.2 Å². The first kappa shape index (κ1) is 17.7. The maximum atomic E-state index is 13.2. The number of anilines is 1. The maximum absolute atomic E-state index is 13.2. The number of aryl methyl sites for hydroxylation is 2. The van der Waals surface area contributed by atoms with E-state index in [1.165, 1.54) is 18.3 Å². The molecule has 26 heavy (non-hydrogen) atoms. The summed E-state index contributed by atoms with van der Waals surface area (Å²) in [7, 11) is 0. The Balaban J connectivity index is 1.88. The molecule has 3 aromatic rings. The standard InChI is InChI=1S/C19H15F3N2O2/c1-11-3-8-17(19(20,21)22)15(9-11)13-4-6-14(7-5-13)24-18(25)16-10-23-26-12(16)2/h3-10H,1-2H3,(H,24,25). The molecule has 4 nitrogen and oxygen atoms in total. The van der Waals surface area contributed by atoms with Crippen LogP contribution in [-0.4, -0.2) is 11.1 Å². The van der Waals surface area contributed by atoms with Gasteiger partial charge in [-0.15, -0.1) is 0 Å². The molecule has 0 radical (unpaired) electrons. The van der Waals surface area contributed by atoms with Crippen LogP contribution in [0.2, 0.25) is 0 Å². The summed E-state index contributed by atoms with van der Waals surface area (Å²) < 4.78 is 44.6. The van der Waals surface area contributed by atoms with Crippen LogP contribution in [0.15, 0.2) is 53.2 Å². The van der Waals surface area contributed by atoms with E-state index in [0.29, 0.717) is 22.6 Å². The van der Waals surface area contributed by atoms with Gasteiger partial charge in [0.05, 0.1) is 11.8 Å². The smallest absolute Gasteiger partial charge is 0.361 e. The lowest BCUT2D eigenvalue weighted by atomic mass is 9.97. The van der Waals surface area contributed by atoms with Crippen molar-refractivity contribution in [1.82, 2.24) is 5.16 Å². The van der Waals surface area contributed by atoms with Crippen LogP contribution in [0, 0.1) is 13.8 Å². The third-order valence-electron chi connectivity index (χ3n) is 3.93. The fraction of sp³-hybridized carbons (Fsp3) is 0.158. The van der Waals surface area contributed by atoms with Gasteiger partial charge >= 0.3 is 6.18 Å². The van der Waals surface area contributed by atoms with E-state index in [-0.39, 0.29) is 5.56 Å². The van der Waals surface area contributed by atoms with Crippen LogP contribution >= 0.6 is 0 Å². The molecule has 1 N–H and O–H groups in total. The van der Waals surface area contributed by atoms with Crippen molar-refractivity contribution < 1.29 is 22.5 Å². The zero-order valence-corrected chi connectivity index (χ0v) is 14.0. The van der Waals surface area contributed by atoms with Crippen LogP contribution in [0.3, 0.4) is 0 Å². The molecule has 0 aliphatic rings. The molecule has 134 valence electrons. The SMILES string of the molecule is Cc1ccc(C(F)(F)F)c(-c2ccc(NC(=O)c3cnoc3C)cc2)c1. The van der Waals surface area contributed by atoms with Gasteiger partial charge in [0.15, 0.2) is 0 Å². The van der Waals surface area contributed by atoms with Crippen LogP contribution < -0.4 is 5.32 Å². The van der Waals surface area contributed by atoms with E-state index in [4.69, 9.17) is 4.52 Å². The first-order valence-corrected chi connectivity index (χ1v) is 7.76. The highest BCUT2D eigenvalue weighted by molar-refractivity contribution is 6.04. The number of rotatable bonds is 3. The Morgan fingerprint density at radius 3 is 2.35 bits per heavy atom. The van der Waals surface area contributed by atoms with E-state index in [9.17, 15) is 18.0 Å². The lowest BCUT2D eigenvalue weighted by Gasteiger charge is -2.14. The van der Waals surface area contributed by atoms with Gasteiger partial charge in [0.25, 0.3) is 5.91 Å². The second-order valence-electron chi connectivity index (χ2n) is 5.87. The molecule has 0 aliphatic carbocycles. The van der Waals surface area contributed by atoms with Crippen LogP contribution in [0.25, 0.3) is 11.1 Å². The zero-order valence-electron chi connectivity index (χ0n) is 14.0. The van der Waals surface area contributed by atoms with E-state index in [0.717, 1.165) is 11.6 Å². The van der Waals surface area contributed by atoms with Crippen molar-refractivity contribution in [3.63, 3.8) is 0 Å². The number of benzene rings is 2. The van der Waals surface area contributed by atoms with Crippen molar-refractivity contribution in [2.45, 2.75) is 20.0 Å². The van der Waals surface area contributed by atoms with Crippen molar-refractivity contribution in [2.75, 3.05) is 5.32 Å². The van der Waals surface area contributed by atoms with Crippen molar-refractivity contribution in [3.05, 3.63) is 71.1 Å². The summed E-state index contributed by atoms with van der Waals surface area (Å²) in [4.78, 5) is 12.1. The summed E-state index contributed by atoms with van der Waals surface area (Å²) >= 11 is 0. The summed E-state index contributed by atoms with van der Waals surface area (Å²) in [6.07, 6.45) is -3.14. The van der Waals surface area contributed by atoms with Gasteiger partial charge in [0.2, 0.25) is 0 Å². The molecule has 2 aromatic carbocycles. The molecule has 0 saturated heterocycles. The van der Waals surface area contributed by atoms with Crippen molar-refractivity contribution in [2.24, 2.45) is 0 Å². The normalized spacial score (nSPS) is 11.4. The van der Waals surface area contributed by atoms with Crippen LogP contribution in [-0.2, 0) is 6.18 Å². The van der Waals surface area contributed by atoms with Crippen molar-refractivity contribution in [3.8, 4) is 11.1 Å². The van der Waals surface area contributed by atoms with Gasteiger partial charge < -0.3 is 9.84 Å². The number of hydrogen-bond acceptors (Lipinski definition) is 3. The number of amides is 1. The monoisotopic (exact) mass is 360 g/mol. The Morgan fingerprint density at radius 2 is 1.77 bits per heavy atom. The molecule has 0 fully saturated rings. The quantitative estimate of drug-likeness (QED) is 0.696.